The van der Waals surface area contributed by atoms with E-state index in [1.807, 2.05) is 42.5 Å². The lowest BCUT2D eigenvalue weighted by atomic mass is 10.1. The number of hydrogen-bond acceptors (Lipinski definition) is 7. The van der Waals surface area contributed by atoms with Gasteiger partial charge in [0.1, 0.15) is 11.5 Å². The Morgan fingerprint density at radius 2 is 1.18 bits per heavy atom. The van der Waals surface area contributed by atoms with Gasteiger partial charge >= 0.3 is 0 Å². The zero-order valence-corrected chi connectivity index (χ0v) is 19.1. The highest BCUT2D eigenvalue weighted by molar-refractivity contribution is 5.46. The monoisotopic (exact) mass is 444 g/mol. The first-order valence-corrected chi connectivity index (χ1v) is 12.2. The fourth-order valence-electron chi connectivity index (χ4n) is 4.38. The molecular formula is C26H32N6O. The molecule has 0 radical (unpaired) electrons. The Labute approximate surface area is 195 Å². The average Bonchev–Trinajstić information content (AvgIpc) is 2.90. The fourth-order valence-corrected chi connectivity index (χ4v) is 4.38. The number of nitrogens with one attached hydrogen (secondary N) is 1. The predicted octanol–water partition coefficient (Wildman–Crippen LogP) is 5.26. The van der Waals surface area contributed by atoms with E-state index in [-0.39, 0.29) is 0 Å². The van der Waals surface area contributed by atoms with Crippen LogP contribution in [0.25, 0.3) is 0 Å². The van der Waals surface area contributed by atoms with Crippen LogP contribution in [-0.4, -0.2) is 41.1 Å². The topological polar surface area (TPSA) is 66.4 Å². The van der Waals surface area contributed by atoms with Crippen molar-refractivity contribution in [1.29, 1.82) is 0 Å². The number of ether oxygens (including phenoxy) is 1. The molecule has 7 heteroatoms. The number of rotatable bonds is 7. The lowest BCUT2D eigenvalue weighted by Gasteiger charge is -2.30. The molecule has 172 valence electrons. The van der Waals surface area contributed by atoms with Crippen LogP contribution >= 0.6 is 0 Å². The number of para-hydroxylation sites is 1. The van der Waals surface area contributed by atoms with Gasteiger partial charge in [-0.3, -0.25) is 0 Å². The maximum Gasteiger partial charge on any atom is 0.231 e. The highest BCUT2D eigenvalue weighted by Gasteiger charge is 2.20. The molecule has 0 bridgehead atoms. The average molecular weight is 445 g/mol. The largest absolute Gasteiger partial charge is 0.457 e. The molecule has 2 aromatic carbocycles. The van der Waals surface area contributed by atoms with Gasteiger partial charge in [-0.05, 0) is 68.4 Å². The van der Waals surface area contributed by atoms with Crippen molar-refractivity contribution in [1.82, 2.24) is 15.0 Å². The molecular weight excluding hydrogens is 412 g/mol. The van der Waals surface area contributed by atoms with Crippen molar-refractivity contribution < 1.29 is 4.74 Å². The van der Waals surface area contributed by atoms with Gasteiger partial charge in [0.2, 0.25) is 17.8 Å². The molecule has 2 saturated heterocycles. The second-order valence-electron chi connectivity index (χ2n) is 8.77. The van der Waals surface area contributed by atoms with Gasteiger partial charge in [-0.2, -0.15) is 15.0 Å². The van der Waals surface area contributed by atoms with Gasteiger partial charge in [0.25, 0.3) is 0 Å². The van der Waals surface area contributed by atoms with Gasteiger partial charge in [-0.15, -0.1) is 0 Å². The Kier molecular flexibility index (Phi) is 6.85. The van der Waals surface area contributed by atoms with Crippen molar-refractivity contribution in [2.24, 2.45) is 0 Å². The highest BCUT2D eigenvalue weighted by atomic mass is 16.5. The quantitative estimate of drug-likeness (QED) is 0.533. The Bertz CT molecular complexity index is 978. The molecule has 2 aliphatic rings. The predicted molar refractivity (Wildman–Crippen MR) is 132 cm³/mol. The third kappa shape index (κ3) is 5.72. The normalized spacial score (nSPS) is 16.5. The summed E-state index contributed by atoms with van der Waals surface area (Å²) in [6, 6.07) is 18.0. The molecule has 0 spiro atoms. The molecule has 3 heterocycles. The second kappa shape index (κ2) is 10.5. The molecule has 1 aromatic heterocycles. The summed E-state index contributed by atoms with van der Waals surface area (Å²) in [4.78, 5) is 19.0. The van der Waals surface area contributed by atoms with Gasteiger partial charge in [-0.1, -0.05) is 30.3 Å². The highest BCUT2D eigenvalue weighted by Crippen LogP contribution is 2.24. The van der Waals surface area contributed by atoms with E-state index >= 15 is 0 Å². The summed E-state index contributed by atoms with van der Waals surface area (Å²) < 4.78 is 5.90. The van der Waals surface area contributed by atoms with E-state index in [1.165, 1.54) is 38.5 Å². The number of anilines is 3. The van der Waals surface area contributed by atoms with Crippen LogP contribution in [0.5, 0.6) is 11.5 Å². The smallest absolute Gasteiger partial charge is 0.231 e. The summed E-state index contributed by atoms with van der Waals surface area (Å²) in [5, 5.41) is 3.43. The van der Waals surface area contributed by atoms with Gasteiger partial charge in [0.15, 0.2) is 0 Å². The van der Waals surface area contributed by atoms with Crippen molar-refractivity contribution >= 4 is 17.8 Å². The minimum atomic E-state index is 0.647. The van der Waals surface area contributed by atoms with Crippen LogP contribution < -0.4 is 19.9 Å². The number of hydrogen-bond donors (Lipinski definition) is 1. The number of nitrogens with zero attached hydrogens (tertiary/aromatic N) is 5. The van der Waals surface area contributed by atoms with Crippen LogP contribution in [0.3, 0.4) is 0 Å². The summed E-state index contributed by atoms with van der Waals surface area (Å²) in [7, 11) is 0. The standard InChI is InChI=1S/C26H32N6O/c1-4-10-22(11-5-1)33-23-14-12-21(13-15-23)20-27-24-28-25(31-16-6-2-7-17-31)30-26(29-24)32-18-8-3-9-19-32/h1,4-5,10-15H,2-3,6-9,16-20H2,(H,27,28,29,30). The maximum atomic E-state index is 5.90. The Morgan fingerprint density at radius 1 is 0.636 bits per heavy atom. The molecule has 2 aliphatic heterocycles. The Morgan fingerprint density at radius 3 is 1.76 bits per heavy atom. The van der Waals surface area contributed by atoms with Crippen LogP contribution in [0.2, 0.25) is 0 Å². The number of benzene rings is 2. The third-order valence-electron chi connectivity index (χ3n) is 6.24. The van der Waals surface area contributed by atoms with E-state index < -0.39 is 0 Å². The van der Waals surface area contributed by atoms with Crippen molar-refractivity contribution in [3.05, 3.63) is 60.2 Å². The van der Waals surface area contributed by atoms with Crippen molar-refractivity contribution in [3.63, 3.8) is 0 Å². The molecule has 0 atom stereocenters. The van der Waals surface area contributed by atoms with Crippen molar-refractivity contribution in [2.75, 3.05) is 41.3 Å². The minimum absolute atomic E-state index is 0.647. The molecule has 0 amide bonds. The zero-order chi connectivity index (χ0) is 22.3. The fraction of sp³-hybridized carbons (Fsp3) is 0.423. The first-order valence-electron chi connectivity index (χ1n) is 12.2. The molecule has 0 aliphatic carbocycles. The van der Waals surface area contributed by atoms with E-state index in [2.05, 4.69) is 27.2 Å². The van der Waals surface area contributed by atoms with Gasteiger partial charge in [0, 0.05) is 32.7 Å². The Balaban J connectivity index is 1.28. The maximum absolute atomic E-state index is 5.90. The number of piperidine rings is 2. The van der Waals surface area contributed by atoms with E-state index in [4.69, 9.17) is 19.7 Å². The van der Waals surface area contributed by atoms with Gasteiger partial charge in [-0.25, -0.2) is 0 Å². The summed E-state index contributed by atoms with van der Waals surface area (Å²) in [5.74, 6) is 3.92. The van der Waals surface area contributed by atoms with E-state index in [0.717, 1.165) is 55.1 Å². The van der Waals surface area contributed by atoms with Gasteiger partial charge in [0.05, 0.1) is 0 Å². The molecule has 0 unspecified atom stereocenters. The lowest BCUT2D eigenvalue weighted by Crippen LogP contribution is -2.34. The SMILES string of the molecule is c1ccc(Oc2ccc(CNc3nc(N4CCCCC4)nc(N4CCCCC4)n3)cc2)cc1. The zero-order valence-electron chi connectivity index (χ0n) is 19.1. The molecule has 2 fully saturated rings. The molecule has 1 N–H and O–H groups in total. The van der Waals surface area contributed by atoms with Crippen LogP contribution in [0.4, 0.5) is 17.8 Å². The summed E-state index contributed by atoms with van der Waals surface area (Å²) in [6.07, 6.45) is 7.37. The van der Waals surface area contributed by atoms with Crippen molar-refractivity contribution in [2.45, 2.75) is 45.1 Å². The van der Waals surface area contributed by atoms with E-state index in [9.17, 15) is 0 Å². The number of aromatic nitrogens is 3. The summed E-state index contributed by atoms with van der Waals surface area (Å²) in [6.45, 7) is 4.73. The van der Waals surface area contributed by atoms with Crippen LogP contribution in [0.1, 0.15) is 44.1 Å². The second-order valence-corrected chi connectivity index (χ2v) is 8.77. The van der Waals surface area contributed by atoms with E-state index in [1.54, 1.807) is 0 Å². The lowest BCUT2D eigenvalue weighted by molar-refractivity contribution is 0.482. The Hall–Kier alpha value is -3.35. The molecule has 33 heavy (non-hydrogen) atoms. The van der Waals surface area contributed by atoms with Crippen LogP contribution in [-0.2, 0) is 6.54 Å². The summed E-state index contributed by atoms with van der Waals surface area (Å²) >= 11 is 0. The van der Waals surface area contributed by atoms with Crippen LogP contribution in [0.15, 0.2) is 54.6 Å². The van der Waals surface area contributed by atoms with Crippen LogP contribution in [0, 0.1) is 0 Å². The minimum Gasteiger partial charge on any atom is -0.457 e. The molecule has 7 nitrogen and oxygen atoms in total. The first kappa shape index (κ1) is 21.5. The van der Waals surface area contributed by atoms with E-state index in [0.29, 0.717) is 12.5 Å². The molecule has 5 rings (SSSR count). The summed E-state index contributed by atoms with van der Waals surface area (Å²) in [5.41, 5.74) is 1.15. The van der Waals surface area contributed by atoms with Gasteiger partial charge < -0.3 is 19.9 Å². The first-order chi connectivity index (χ1) is 16.3. The molecule has 0 saturated carbocycles. The third-order valence-corrected chi connectivity index (χ3v) is 6.24. The molecule has 3 aromatic rings. The van der Waals surface area contributed by atoms with Crippen molar-refractivity contribution in [3.8, 4) is 11.5 Å².